The highest BCUT2D eigenvalue weighted by Crippen LogP contribution is 2.33. The predicted octanol–water partition coefficient (Wildman–Crippen LogP) is 2.88. The Morgan fingerprint density at radius 2 is 1.88 bits per heavy atom. The van der Waals surface area contributed by atoms with Gasteiger partial charge in [-0.15, -0.1) is 0 Å². The van der Waals surface area contributed by atoms with Crippen molar-refractivity contribution in [2.24, 2.45) is 5.92 Å². The third kappa shape index (κ3) is 2.68. The largest absolute Gasteiger partial charge is 0.353 e. The van der Waals surface area contributed by atoms with Crippen molar-refractivity contribution in [3.8, 4) is 0 Å². The van der Waals surface area contributed by atoms with Gasteiger partial charge in [0.15, 0.2) is 0 Å². The second-order valence-corrected chi connectivity index (χ2v) is 5.59. The first kappa shape index (κ1) is 12.2. The minimum absolute atomic E-state index is 0.128. The lowest BCUT2D eigenvalue weighted by molar-refractivity contribution is -0.126. The van der Waals surface area contributed by atoms with Crippen LogP contribution >= 0.6 is 0 Å². The number of nitrogens with one attached hydrogen (secondary N) is 1. The number of hydrogen-bond acceptors (Lipinski definition) is 1. The van der Waals surface area contributed by atoms with E-state index in [-0.39, 0.29) is 5.91 Å². The van der Waals surface area contributed by atoms with Crippen molar-refractivity contribution >= 4 is 5.91 Å². The Hall–Kier alpha value is -1.31. The van der Waals surface area contributed by atoms with Gasteiger partial charge in [0.2, 0.25) is 5.91 Å². The Labute approximate surface area is 103 Å². The van der Waals surface area contributed by atoms with E-state index >= 15 is 0 Å². The molecule has 1 N–H and O–H groups in total. The highest BCUT2D eigenvalue weighted by molar-refractivity contribution is 5.87. The molecule has 0 spiro atoms. The quantitative estimate of drug-likeness (QED) is 0.848. The van der Waals surface area contributed by atoms with Crippen LogP contribution in [-0.4, -0.2) is 11.9 Å². The van der Waals surface area contributed by atoms with Crippen LogP contribution in [0.4, 0.5) is 0 Å². The topological polar surface area (TPSA) is 29.1 Å². The second kappa shape index (κ2) is 4.52. The smallest absolute Gasteiger partial charge is 0.230 e. The second-order valence-electron chi connectivity index (χ2n) is 5.59. The van der Waals surface area contributed by atoms with Gasteiger partial charge >= 0.3 is 0 Å². The minimum atomic E-state index is -0.454. The standard InChI is InChI=1S/C15H21NO/c1-11(12-9-10-12)16-14(17)15(2,3)13-7-5-4-6-8-13/h4-8,11-12H,9-10H2,1-3H3,(H,16,17). The van der Waals surface area contributed by atoms with Crippen LogP contribution in [0.15, 0.2) is 30.3 Å². The molecule has 2 nitrogen and oxygen atoms in total. The van der Waals surface area contributed by atoms with Crippen molar-refractivity contribution in [3.05, 3.63) is 35.9 Å². The van der Waals surface area contributed by atoms with E-state index in [1.807, 2.05) is 44.2 Å². The third-order valence-electron chi connectivity index (χ3n) is 3.75. The Morgan fingerprint density at radius 1 is 1.29 bits per heavy atom. The highest BCUT2D eigenvalue weighted by Gasteiger charge is 2.34. The normalized spacial score (nSPS) is 17.6. The fourth-order valence-corrected chi connectivity index (χ4v) is 2.09. The average Bonchev–Trinajstić information content (AvgIpc) is 3.13. The maximum atomic E-state index is 12.3. The SMILES string of the molecule is CC(NC(=O)C(C)(C)c1ccccc1)C1CC1. The van der Waals surface area contributed by atoms with Crippen LogP contribution in [0, 0.1) is 5.92 Å². The molecule has 0 radical (unpaired) electrons. The summed E-state index contributed by atoms with van der Waals surface area (Å²) in [5.74, 6) is 0.827. The summed E-state index contributed by atoms with van der Waals surface area (Å²) in [7, 11) is 0. The first-order valence-corrected chi connectivity index (χ1v) is 6.38. The lowest BCUT2D eigenvalue weighted by Crippen LogP contribution is -2.44. The molecule has 0 heterocycles. The van der Waals surface area contributed by atoms with Crippen LogP contribution in [0.2, 0.25) is 0 Å². The van der Waals surface area contributed by atoms with Gasteiger partial charge in [-0.2, -0.15) is 0 Å². The van der Waals surface area contributed by atoms with E-state index in [0.29, 0.717) is 12.0 Å². The number of benzene rings is 1. The van der Waals surface area contributed by atoms with Gasteiger partial charge in [0.1, 0.15) is 0 Å². The molecule has 2 rings (SSSR count). The van der Waals surface area contributed by atoms with E-state index < -0.39 is 5.41 Å². The number of carbonyl (C=O) groups is 1. The van der Waals surface area contributed by atoms with Crippen LogP contribution in [0.3, 0.4) is 0 Å². The van der Waals surface area contributed by atoms with E-state index in [0.717, 1.165) is 5.56 Å². The number of rotatable bonds is 4. The van der Waals surface area contributed by atoms with Gasteiger partial charge in [0.25, 0.3) is 0 Å². The fraction of sp³-hybridized carbons (Fsp3) is 0.533. The average molecular weight is 231 g/mol. The summed E-state index contributed by atoms with van der Waals surface area (Å²) >= 11 is 0. The summed E-state index contributed by atoms with van der Waals surface area (Å²) in [6, 6.07) is 10.3. The Bertz CT molecular complexity index is 393. The van der Waals surface area contributed by atoms with E-state index in [2.05, 4.69) is 12.2 Å². The van der Waals surface area contributed by atoms with E-state index in [9.17, 15) is 4.79 Å². The van der Waals surface area contributed by atoms with Crippen molar-refractivity contribution in [2.45, 2.75) is 45.1 Å². The summed E-state index contributed by atoms with van der Waals surface area (Å²) in [5.41, 5.74) is 0.616. The van der Waals surface area contributed by atoms with Crippen molar-refractivity contribution in [2.75, 3.05) is 0 Å². The van der Waals surface area contributed by atoms with Crippen LogP contribution in [0.5, 0.6) is 0 Å². The fourth-order valence-electron chi connectivity index (χ4n) is 2.09. The van der Waals surface area contributed by atoms with E-state index in [1.165, 1.54) is 12.8 Å². The lowest BCUT2D eigenvalue weighted by Gasteiger charge is -2.26. The summed E-state index contributed by atoms with van der Waals surface area (Å²) in [6.45, 7) is 6.07. The van der Waals surface area contributed by atoms with Crippen LogP contribution < -0.4 is 5.32 Å². The molecule has 0 aromatic heterocycles. The van der Waals surface area contributed by atoms with Gasteiger partial charge < -0.3 is 5.32 Å². The molecule has 1 saturated carbocycles. The molecule has 1 aliphatic carbocycles. The number of carbonyl (C=O) groups excluding carboxylic acids is 1. The molecule has 1 amide bonds. The number of amides is 1. The molecule has 1 aromatic carbocycles. The summed E-state index contributed by atoms with van der Waals surface area (Å²) in [5, 5.41) is 3.14. The molecular formula is C15H21NO. The molecule has 17 heavy (non-hydrogen) atoms. The molecule has 0 saturated heterocycles. The zero-order valence-corrected chi connectivity index (χ0v) is 10.9. The molecule has 2 heteroatoms. The Morgan fingerprint density at radius 3 is 2.41 bits per heavy atom. The minimum Gasteiger partial charge on any atom is -0.353 e. The van der Waals surface area contributed by atoms with Gasteiger partial charge in [-0.05, 0) is 45.1 Å². The van der Waals surface area contributed by atoms with Gasteiger partial charge in [0.05, 0.1) is 5.41 Å². The maximum absolute atomic E-state index is 12.3. The summed E-state index contributed by atoms with van der Waals surface area (Å²) < 4.78 is 0. The monoisotopic (exact) mass is 231 g/mol. The van der Waals surface area contributed by atoms with Gasteiger partial charge in [-0.3, -0.25) is 4.79 Å². The first-order valence-electron chi connectivity index (χ1n) is 6.38. The van der Waals surface area contributed by atoms with Gasteiger partial charge in [0, 0.05) is 6.04 Å². The number of hydrogen-bond donors (Lipinski definition) is 1. The maximum Gasteiger partial charge on any atom is 0.230 e. The Balaban J connectivity index is 2.06. The zero-order chi connectivity index (χ0) is 12.5. The highest BCUT2D eigenvalue weighted by atomic mass is 16.2. The third-order valence-corrected chi connectivity index (χ3v) is 3.75. The van der Waals surface area contributed by atoms with Crippen molar-refractivity contribution in [3.63, 3.8) is 0 Å². The summed E-state index contributed by atoms with van der Waals surface area (Å²) in [6.07, 6.45) is 2.51. The predicted molar refractivity (Wildman–Crippen MR) is 69.8 cm³/mol. The van der Waals surface area contributed by atoms with E-state index in [4.69, 9.17) is 0 Å². The molecule has 0 aliphatic heterocycles. The van der Waals surface area contributed by atoms with Crippen LogP contribution in [0.25, 0.3) is 0 Å². The molecule has 1 aliphatic rings. The summed E-state index contributed by atoms with van der Waals surface area (Å²) in [4.78, 5) is 12.3. The van der Waals surface area contributed by atoms with Crippen LogP contribution in [0.1, 0.15) is 39.2 Å². The molecule has 1 fully saturated rings. The Kier molecular flexibility index (Phi) is 3.23. The molecule has 1 aromatic rings. The van der Waals surface area contributed by atoms with Gasteiger partial charge in [-0.25, -0.2) is 0 Å². The molecule has 92 valence electrons. The van der Waals surface area contributed by atoms with Crippen molar-refractivity contribution in [1.29, 1.82) is 0 Å². The van der Waals surface area contributed by atoms with E-state index in [1.54, 1.807) is 0 Å². The zero-order valence-electron chi connectivity index (χ0n) is 10.9. The molecule has 1 unspecified atom stereocenters. The molecule has 1 atom stereocenters. The molecular weight excluding hydrogens is 210 g/mol. The first-order chi connectivity index (χ1) is 8.01. The lowest BCUT2D eigenvalue weighted by atomic mass is 9.83. The molecule has 0 bridgehead atoms. The van der Waals surface area contributed by atoms with Crippen molar-refractivity contribution in [1.82, 2.24) is 5.32 Å². The van der Waals surface area contributed by atoms with Crippen LogP contribution in [-0.2, 0) is 10.2 Å². The van der Waals surface area contributed by atoms with Crippen molar-refractivity contribution < 1.29 is 4.79 Å². The van der Waals surface area contributed by atoms with Gasteiger partial charge in [-0.1, -0.05) is 30.3 Å².